The predicted molar refractivity (Wildman–Crippen MR) is 123 cm³/mol. The molecule has 0 radical (unpaired) electrons. The molecule has 0 saturated carbocycles. The van der Waals surface area contributed by atoms with Crippen LogP contribution in [0, 0.1) is 6.92 Å². The first-order valence-electron chi connectivity index (χ1n) is 9.90. The summed E-state index contributed by atoms with van der Waals surface area (Å²) in [6.45, 7) is 5.59. The van der Waals surface area contributed by atoms with Gasteiger partial charge in [0.2, 0.25) is 5.13 Å². The molecule has 1 amide bonds. The van der Waals surface area contributed by atoms with Gasteiger partial charge in [-0.05, 0) is 62.7 Å². The summed E-state index contributed by atoms with van der Waals surface area (Å²) < 4.78 is 5.64. The summed E-state index contributed by atoms with van der Waals surface area (Å²) >= 11 is 7.23. The number of rotatable bonds is 5. The Labute approximate surface area is 193 Å². The second-order valence-electron chi connectivity index (χ2n) is 7.52. The molecule has 9 heteroatoms. The molecule has 1 fully saturated rings. The molecule has 4 rings (SSSR count). The van der Waals surface area contributed by atoms with Crippen molar-refractivity contribution in [2.24, 2.45) is 0 Å². The Hall–Kier alpha value is -3.23. The molecule has 0 bridgehead atoms. The molecule has 2 heterocycles. The quantitative estimate of drug-likeness (QED) is 0.324. The monoisotopic (exact) mass is 469 g/mol. The molecule has 1 atom stereocenters. The van der Waals surface area contributed by atoms with Crippen LogP contribution in [0.15, 0.2) is 54.1 Å². The van der Waals surface area contributed by atoms with Crippen molar-refractivity contribution in [2.45, 2.75) is 32.9 Å². The van der Waals surface area contributed by atoms with E-state index in [1.165, 1.54) is 16.2 Å². The summed E-state index contributed by atoms with van der Waals surface area (Å²) in [5.41, 5.74) is 0.983. The topological polar surface area (TPSA) is 92.6 Å². The average Bonchev–Trinajstić information content (AvgIpc) is 3.29. The number of benzene rings is 2. The van der Waals surface area contributed by atoms with Crippen LogP contribution >= 0.6 is 22.9 Å². The van der Waals surface area contributed by atoms with Crippen molar-refractivity contribution in [2.75, 3.05) is 4.90 Å². The molecule has 0 aliphatic carbocycles. The number of aryl methyl sites for hydroxylation is 1. The van der Waals surface area contributed by atoms with Gasteiger partial charge in [0.25, 0.3) is 5.78 Å². The molecule has 1 aliphatic heterocycles. The van der Waals surface area contributed by atoms with Gasteiger partial charge in [0, 0.05) is 10.6 Å². The van der Waals surface area contributed by atoms with Crippen LogP contribution < -0.4 is 9.64 Å². The molecule has 1 aromatic heterocycles. The normalized spacial score (nSPS) is 17.9. The minimum atomic E-state index is -0.869. The number of hydrogen-bond donors (Lipinski definition) is 1. The predicted octanol–water partition coefficient (Wildman–Crippen LogP) is 4.91. The smallest absolute Gasteiger partial charge is 0.301 e. The third kappa shape index (κ3) is 4.11. The number of aromatic nitrogens is 2. The maximum Gasteiger partial charge on any atom is 0.301 e. The summed E-state index contributed by atoms with van der Waals surface area (Å²) in [5.74, 6) is -1.21. The van der Waals surface area contributed by atoms with Gasteiger partial charge >= 0.3 is 5.91 Å². The third-order valence-corrected chi connectivity index (χ3v) is 5.94. The molecule has 164 valence electrons. The van der Waals surface area contributed by atoms with Crippen LogP contribution in [0.3, 0.4) is 0 Å². The Morgan fingerprint density at radius 2 is 1.75 bits per heavy atom. The van der Waals surface area contributed by atoms with E-state index in [9.17, 15) is 14.7 Å². The van der Waals surface area contributed by atoms with Gasteiger partial charge in [-0.15, -0.1) is 10.2 Å². The summed E-state index contributed by atoms with van der Waals surface area (Å²) in [5, 5.41) is 20.6. The second-order valence-corrected chi connectivity index (χ2v) is 9.11. The lowest BCUT2D eigenvalue weighted by Gasteiger charge is -2.22. The molecule has 7 nitrogen and oxygen atoms in total. The van der Waals surface area contributed by atoms with Gasteiger partial charge in [-0.2, -0.15) is 0 Å². The van der Waals surface area contributed by atoms with Crippen molar-refractivity contribution in [3.63, 3.8) is 0 Å². The van der Waals surface area contributed by atoms with E-state index in [1.54, 1.807) is 55.5 Å². The van der Waals surface area contributed by atoms with Crippen LogP contribution in [0.4, 0.5) is 5.13 Å². The number of aliphatic hydroxyl groups is 1. The van der Waals surface area contributed by atoms with Crippen LogP contribution in [0.1, 0.15) is 36.0 Å². The number of carbonyl (C=O) groups excluding carboxylic acids is 2. The number of Topliss-reactive ketones (excluding diaryl/α,β-unsaturated/α-hetero) is 1. The SMILES string of the molecule is Cc1nnc(N2C(=O)C(=O)C(=C(O)c3ccc(OC(C)C)cc3)C2c2ccc(Cl)cc2)s1. The first-order valence-corrected chi connectivity index (χ1v) is 11.1. The van der Waals surface area contributed by atoms with Crippen molar-refractivity contribution in [1.82, 2.24) is 10.2 Å². The largest absolute Gasteiger partial charge is 0.507 e. The summed E-state index contributed by atoms with van der Waals surface area (Å²) in [4.78, 5) is 27.4. The van der Waals surface area contributed by atoms with Crippen LogP contribution in [0.25, 0.3) is 5.76 Å². The van der Waals surface area contributed by atoms with E-state index in [0.29, 0.717) is 26.9 Å². The molecule has 3 aromatic rings. The van der Waals surface area contributed by atoms with Gasteiger partial charge in [-0.3, -0.25) is 14.5 Å². The number of carbonyl (C=O) groups is 2. The third-order valence-electron chi connectivity index (χ3n) is 4.85. The highest BCUT2D eigenvalue weighted by Gasteiger charge is 2.48. The van der Waals surface area contributed by atoms with E-state index in [4.69, 9.17) is 16.3 Å². The number of ketones is 1. The summed E-state index contributed by atoms with van der Waals surface area (Å²) in [6, 6.07) is 12.6. The van der Waals surface area contributed by atoms with Crippen LogP contribution in [0.5, 0.6) is 5.75 Å². The maximum atomic E-state index is 13.1. The van der Waals surface area contributed by atoms with Crippen LogP contribution in [-0.2, 0) is 9.59 Å². The Kier molecular flexibility index (Phi) is 5.99. The molecule has 2 aromatic carbocycles. The van der Waals surface area contributed by atoms with Crippen LogP contribution in [0.2, 0.25) is 5.02 Å². The molecule has 1 saturated heterocycles. The first kappa shape index (κ1) is 22.0. The number of nitrogens with zero attached hydrogens (tertiary/aromatic N) is 3. The Bertz CT molecular complexity index is 1200. The molecule has 1 aliphatic rings. The zero-order valence-corrected chi connectivity index (χ0v) is 19.1. The van der Waals surface area contributed by atoms with E-state index in [2.05, 4.69) is 10.2 Å². The van der Waals surface area contributed by atoms with E-state index in [1.807, 2.05) is 13.8 Å². The van der Waals surface area contributed by atoms with Gasteiger partial charge in [0.05, 0.1) is 17.7 Å². The number of amides is 1. The lowest BCUT2D eigenvalue weighted by Crippen LogP contribution is -2.29. The Balaban J connectivity index is 1.85. The molecule has 1 unspecified atom stereocenters. The maximum absolute atomic E-state index is 13.1. The summed E-state index contributed by atoms with van der Waals surface area (Å²) in [7, 11) is 0. The van der Waals surface area contributed by atoms with Crippen molar-refractivity contribution < 1.29 is 19.4 Å². The number of halogens is 1. The minimum Gasteiger partial charge on any atom is -0.507 e. The molecule has 32 heavy (non-hydrogen) atoms. The highest BCUT2D eigenvalue weighted by molar-refractivity contribution is 7.15. The fraction of sp³-hybridized carbons (Fsp3) is 0.217. The Morgan fingerprint density at radius 1 is 1.09 bits per heavy atom. The van der Waals surface area contributed by atoms with Gasteiger partial charge in [0.15, 0.2) is 0 Å². The van der Waals surface area contributed by atoms with Gasteiger partial charge in [0.1, 0.15) is 16.5 Å². The molecule has 1 N–H and O–H groups in total. The number of anilines is 1. The van der Waals surface area contributed by atoms with E-state index in [-0.39, 0.29) is 22.6 Å². The number of ether oxygens (including phenoxy) is 1. The zero-order valence-electron chi connectivity index (χ0n) is 17.6. The summed E-state index contributed by atoms with van der Waals surface area (Å²) in [6.07, 6.45) is 0.0000354. The second kappa shape index (κ2) is 8.72. The Morgan fingerprint density at radius 3 is 2.31 bits per heavy atom. The fourth-order valence-electron chi connectivity index (χ4n) is 3.49. The first-order chi connectivity index (χ1) is 15.3. The zero-order chi connectivity index (χ0) is 23.0. The number of hydrogen-bond acceptors (Lipinski definition) is 7. The molecular weight excluding hydrogens is 450 g/mol. The lowest BCUT2D eigenvalue weighted by molar-refractivity contribution is -0.132. The highest BCUT2D eigenvalue weighted by Crippen LogP contribution is 2.43. The minimum absolute atomic E-state index is 0.0000354. The number of aliphatic hydroxyl groups excluding tert-OH is 1. The van der Waals surface area contributed by atoms with Crippen LogP contribution in [-0.4, -0.2) is 33.1 Å². The van der Waals surface area contributed by atoms with E-state index in [0.717, 1.165) is 0 Å². The highest BCUT2D eigenvalue weighted by atomic mass is 35.5. The van der Waals surface area contributed by atoms with Crippen molar-refractivity contribution in [1.29, 1.82) is 0 Å². The average molecular weight is 470 g/mol. The molecule has 0 spiro atoms. The van der Waals surface area contributed by atoms with Crippen molar-refractivity contribution >= 4 is 45.5 Å². The standard InChI is InChI=1S/C23H20ClN3O4S/c1-12(2)31-17-10-6-15(7-11-17)20(28)18-19(14-4-8-16(24)9-5-14)27(22(30)21(18)29)23-26-25-13(3)32-23/h4-12,19,28H,1-3H3. The van der Waals surface area contributed by atoms with Crippen molar-refractivity contribution in [3.8, 4) is 5.75 Å². The lowest BCUT2D eigenvalue weighted by atomic mass is 9.95. The van der Waals surface area contributed by atoms with E-state index >= 15 is 0 Å². The fourth-order valence-corrected chi connectivity index (χ4v) is 4.33. The van der Waals surface area contributed by atoms with Gasteiger partial charge < -0.3 is 9.84 Å². The van der Waals surface area contributed by atoms with Gasteiger partial charge in [-0.25, -0.2) is 0 Å². The van der Waals surface area contributed by atoms with Crippen molar-refractivity contribution in [3.05, 3.63) is 75.3 Å². The van der Waals surface area contributed by atoms with E-state index < -0.39 is 17.7 Å². The molecular formula is C23H20ClN3O4S. The van der Waals surface area contributed by atoms with Gasteiger partial charge in [-0.1, -0.05) is 35.1 Å².